The number of hydrogen-bond donors (Lipinski definition) is 2. The van der Waals surface area contributed by atoms with Gasteiger partial charge in [0.05, 0.1) is 6.33 Å². The van der Waals surface area contributed by atoms with Crippen molar-refractivity contribution in [2.45, 2.75) is 26.4 Å². The molecule has 0 radical (unpaired) electrons. The van der Waals surface area contributed by atoms with Gasteiger partial charge in [-0.2, -0.15) is 0 Å². The Hall–Kier alpha value is -3.29. The molecule has 5 aromatic rings. The molecule has 2 aromatic carbocycles. The fourth-order valence-corrected chi connectivity index (χ4v) is 4.95. The number of rotatable bonds is 6. The average molecular weight is 443 g/mol. The average Bonchev–Trinajstić information content (AvgIpc) is 3.41. The van der Waals surface area contributed by atoms with Crippen LogP contribution in [-0.2, 0) is 13.6 Å². The Bertz CT molecular complexity index is 1420. The highest BCUT2D eigenvalue weighted by Gasteiger charge is 2.17. The maximum Gasteiger partial charge on any atom is 0.155 e. The summed E-state index contributed by atoms with van der Waals surface area (Å²) in [6.07, 6.45) is 1.81. The van der Waals surface area contributed by atoms with E-state index in [0.717, 1.165) is 44.3 Å². The van der Waals surface area contributed by atoms with Gasteiger partial charge >= 0.3 is 0 Å². The third-order valence-electron chi connectivity index (χ3n) is 5.94. The first-order chi connectivity index (χ1) is 15.5. The largest absolute Gasteiger partial charge is 0.371 e. The molecular formula is C25H26N6S. The Morgan fingerprint density at radius 3 is 2.72 bits per heavy atom. The Kier molecular flexibility index (Phi) is 5.36. The van der Waals surface area contributed by atoms with E-state index in [1.54, 1.807) is 11.3 Å². The molecule has 0 saturated carbocycles. The number of nitrogens with one attached hydrogen (secondary N) is 2. The van der Waals surface area contributed by atoms with Crippen LogP contribution in [0.3, 0.4) is 0 Å². The number of aromatic nitrogens is 4. The highest BCUT2D eigenvalue weighted by molar-refractivity contribution is 7.21. The Balaban J connectivity index is 1.47. The highest BCUT2D eigenvalue weighted by Crippen LogP contribution is 2.35. The zero-order valence-electron chi connectivity index (χ0n) is 18.7. The Morgan fingerprint density at radius 1 is 1.06 bits per heavy atom. The minimum absolute atomic E-state index is 0.224. The molecule has 0 bridgehead atoms. The number of anilines is 1. The second-order valence-corrected chi connectivity index (χ2v) is 9.07. The smallest absolute Gasteiger partial charge is 0.155 e. The minimum atomic E-state index is 0.224. The summed E-state index contributed by atoms with van der Waals surface area (Å²) < 4.78 is 2.01. The lowest BCUT2D eigenvalue weighted by molar-refractivity contribution is 0.573. The SMILES string of the molecule is CNc1nc2sc(-c3cccc(C(C)NCc4ccccc4C)c3)nc2c2c1ncn2C. The molecule has 0 aliphatic carbocycles. The molecule has 162 valence electrons. The lowest BCUT2D eigenvalue weighted by atomic mass is 10.0. The molecule has 3 aromatic heterocycles. The summed E-state index contributed by atoms with van der Waals surface area (Å²) in [5, 5.41) is 7.79. The lowest BCUT2D eigenvalue weighted by Gasteiger charge is -2.16. The second-order valence-electron chi connectivity index (χ2n) is 8.09. The van der Waals surface area contributed by atoms with E-state index in [2.05, 4.69) is 78.0 Å². The van der Waals surface area contributed by atoms with Crippen LogP contribution >= 0.6 is 11.3 Å². The molecule has 32 heavy (non-hydrogen) atoms. The van der Waals surface area contributed by atoms with Crippen LogP contribution in [0.4, 0.5) is 5.82 Å². The van der Waals surface area contributed by atoms with Gasteiger partial charge in [0.15, 0.2) is 5.82 Å². The van der Waals surface area contributed by atoms with Crippen molar-refractivity contribution >= 4 is 38.5 Å². The molecule has 1 unspecified atom stereocenters. The van der Waals surface area contributed by atoms with Crippen LogP contribution in [0.5, 0.6) is 0 Å². The standard InChI is InChI=1S/C25H26N6S/c1-15-8-5-6-9-19(15)13-27-16(2)17-10-7-11-18(12-17)24-29-21-22-20(28-14-31(22)4)23(26-3)30-25(21)32-24/h5-12,14,16,27H,13H2,1-4H3,(H,26,30). The summed E-state index contributed by atoms with van der Waals surface area (Å²) in [6, 6.07) is 17.4. The number of hydrogen-bond acceptors (Lipinski definition) is 6. The van der Waals surface area contributed by atoms with E-state index in [1.165, 1.54) is 16.7 Å². The summed E-state index contributed by atoms with van der Waals surface area (Å²) in [5.41, 5.74) is 7.74. The molecule has 2 N–H and O–H groups in total. The van der Waals surface area contributed by atoms with E-state index < -0.39 is 0 Å². The third-order valence-corrected chi connectivity index (χ3v) is 6.94. The summed E-state index contributed by atoms with van der Waals surface area (Å²) in [4.78, 5) is 15.2. The van der Waals surface area contributed by atoms with Crippen LogP contribution < -0.4 is 10.6 Å². The summed E-state index contributed by atoms with van der Waals surface area (Å²) in [5.74, 6) is 0.783. The van der Waals surface area contributed by atoms with Gasteiger partial charge in [-0.05, 0) is 36.6 Å². The normalized spacial score (nSPS) is 12.5. The zero-order chi connectivity index (χ0) is 22.2. The van der Waals surface area contributed by atoms with Crippen molar-refractivity contribution in [1.82, 2.24) is 24.8 Å². The van der Waals surface area contributed by atoms with Crippen molar-refractivity contribution in [3.8, 4) is 10.6 Å². The van der Waals surface area contributed by atoms with Gasteiger partial charge in [0.1, 0.15) is 26.4 Å². The van der Waals surface area contributed by atoms with E-state index in [9.17, 15) is 0 Å². The molecule has 5 rings (SSSR count). The number of nitrogens with zero attached hydrogens (tertiary/aromatic N) is 4. The molecule has 0 spiro atoms. The number of benzene rings is 2. The molecule has 0 aliphatic rings. The van der Waals surface area contributed by atoms with Crippen molar-refractivity contribution in [2.75, 3.05) is 12.4 Å². The molecule has 6 nitrogen and oxygen atoms in total. The molecule has 3 heterocycles. The van der Waals surface area contributed by atoms with Gasteiger partial charge in [-0.15, -0.1) is 0 Å². The van der Waals surface area contributed by atoms with Crippen molar-refractivity contribution < 1.29 is 0 Å². The number of fused-ring (bicyclic) bond motifs is 3. The van der Waals surface area contributed by atoms with E-state index in [-0.39, 0.29) is 6.04 Å². The maximum absolute atomic E-state index is 4.97. The van der Waals surface area contributed by atoms with Gasteiger partial charge in [-0.1, -0.05) is 53.8 Å². The molecule has 1 atom stereocenters. The van der Waals surface area contributed by atoms with Crippen LogP contribution in [0.2, 0.25) is 0 Å². The third kappa shape index (κ3) is 3.63. The van der Waals surface area contributed by atoms with Crippen molar-refractivity contribution in [3.63, 3.8) is 0 Å². The quantitative estimate of drug-likeness (QED) is 0.366. The maximum atomic E-state index is 4.97. The number of imidazole rings is 1. The predicted molar refractivity (Wildman–Crippen MR) is 133 cm³/mol. The number of pyridine rings is 1. The van der Waals surface area contributed by atoms with Gasteiger partial charge in [-0.3, -0.25) is 0 Å². The number of thiazole rings is 1. The first-order valence-electron chi connectivity index (χ1n) is 10.7. The van der Waals surface area contributed by atoms with Crippen molar-refractivity contribution in [2.24, 2.45) is 7.05 Å². The monoisotopic (exact) mass is 442 g/mol. The molecule has 0 aliphatic heterocycles. The van der Waals surface area contributed by atoms with Gasteiger partial charge in [0.25, 0.3) is 0 Å². The zero-order valence-corrected chi connectivity index (χ0v) is 19.5. The lowest BCUT2D eigenvalue weighted by Crippen LogP contribution is -2.18. The van der Waals surface area contributed by atoms with Gasteiger partial charge in [0, 0.05) is 32.2 Å². The fourth-order valence-electron chi connectivity index (χ4n) is 4.01. The van der Waals surface area contributed by atoms with E-state index in [0.29, 0.717) is 0 Å². The summed E-state index contributed by atoms with van der Waals surface area (Å²) in [6.45, 7) is 5.20. The molecular weight excluding hydrogens is 416 g/mol. The first kappa shape index (κ1) is 20.6. The van der Waals surface area contributed by atoms with Gasteiger partial charge < -0.3 is 15.2 Å². The summed E-state index contributed by atoms with van der Waals surface area (Å²) in [7, 11) is 3.87. The van der Waals surface area contributed by atoms with Gasteiger partial charge in [0.2, 0.25) is 0 Å². The molecule has 0 saturated heterocycles. The summed E-state index contributed by atoms with van der Waals surface area (Å²) >= 11 is 1.62. The molecule has 0 amide bonds. The fraction of sp³-hybridized carbons (Fsp3) is 0.240. The van der Waals surface area contributed by atoms with E-state index >= 15 is 0 Å². The Labute approximate surface area is 191 Å². The van der Waals surface area contributed by atoms with E-state index in [4.69, 9.17) is 9.97 Å². The highest BCUT2D eigenvalue weighted by atomic mass is 32.1. The topological polar surface area (TPSA) is 67.7 Å². The van der Waals surface area contributed by atoms with Crippen LogP contribution in [0.15, 0.2) is 54.9 Å². The Morgan fingerprint density at radius 2 is 1.91 bits per heavy atom. The number of aryl methyl sites for hydroxylation is 2. The van der Waals surface area contributed by atoms with Crippen LogP contribution in [0.1, 0.15) is 29.7 Å². The first-order valence-corrected chi connectivity index (χ1v) is 11.5. The van der Waals surface area contributed by atoms with Crippen LogP contribution in [0.25, 0.3) is 32.0 Å². The van der Waals surface area contributed by atoms with Crippen LogP contribution in [-0.4, -0.2) is 26.6 Å². The van der Waals surface area contributed by atoms with Crippen molar-refractivity contribution in [1.29, 1.82) is 0 Å². The van der Waals surface area contributed by atoms with Gasteiger partial charge in [-0.25, -0.2) is 15.0 Å². The molecule has 7 heteroatoms. The minimum Gasteiger partial charge on any atom is -0.371 e. The second kappa shape index (κ2) is 8.33. The predicted octanol–water partition coefficient (Wildman–Crippen LogP) is 5.45. The van der Waals surface area contributed by atoms with E-state index in [1.807, 2.05) is 25.0 Å². The van der Waals surface area contributed by atoms with Crippen molar-refractivity contribution in [3.05, 3.63) is 71.5 Å². The molecule has 0 fully saturated rings. The van der Waals surface area contributed by atoms with Crippen LogP contribution in [0, 0.1) is 6.92 Å².